The molecular formula is C35H38F3N3O5. The highest BCUT2D eigenvalue weighted by molar-refractivity contribution is 5.99. The Morgan fingerprint density at radius 2 is 1.63 bits per heavy atom. The van der Waals surface area contributed by atoms with Crippen LogP contribution >= 0.6 is 0 Å². The van der Waals surface area contributed by atoms with Crippen LogP contribution in [0, 0.1) is 0 Å². The fourth-order valence-corrected chi connectivity index (χ4v) is 5.56. The summed E-state index contributed by atoms with van der Waals surface area (Å²) in [5, 5.41) is 2.59. The van der Waals surface area contributed by atoms with E-state index in [1.807, 2.05) is 60.7 Å². The molecule has 1 N–H and O–H groups in total. The summed E-state index contributed by atoms with van der Waals surface area (Å²) in [6.07, 6.45) is -2.08. The summed E-state index contributed by atoms with van der Waals surface area (Å²) >= 11 is 0. The summed E-state index contributed by atoms with van der Waals surface area (Å²) in [7, 11) is 0. The lowest BCUT2D eigenvalue weighted by Gasteiger charge is -2.52. The Morgan fingerprint density at radius 3 is 2.26 bits per heavy atom. The van der Waals surface area contributed by atoms with Crippen molar-refractivity contribution in [2.75, 3.05) is 6.61 Å². The summed E-state index contributed by atoms with van der Waals surface area (Å²) < 4.78 is 44.9. The van der Waals surface area contributed by atoms with E-state index in [1.165, 1.54) is 28.9 Å². The second-order valence-electron chi connectivity index (χ2n) is 10.7. The summed E-state index contributed by atoms with van der Waals surface area (Å²) in [5.41, 5.74) is 0.927. The van der Waals surface area contributed by atoms with Gasteiger partial charge < -0.3 is 15.0 Å². The molecule has 46 heavy (non-hydrogen) atoms. The lowest BCUT2D eigenvalue weighted by molar-refractivity contribution is -0.163. The van der Waals surface area contributed by atoms with Gasteiger partial charge in [-0.05, 0) is 35.7 Å². The molecule has 2 heterocycles. The zero-order valence-corrected chi connectivity index (χ0v) is 23.7. The maximum Gasteiger partial charge on any atom is 0.416 e. The zero-order chi connectivity index (χ0) is 31.4. The molecule has 3 aromatic rings. The van der Waals surface area contributed by atoms with Crippen LogP contribution in [0.25, 0.3) is 6.08 Å². The molecule has 0 bridgehead atoms. The molecule has 2 saturated heterocycles. The third kappa shape index (κ3) is 7.64. The third-order valence-corrected chi connectivity index (χ3v) is 7.67. The number of carbonyl (C=O) groups is 4. The van der Waals surface area contributed by atoms with E-state index in [9.17, 15) is 32.3 Å². The number of benzene rings is 3. The average Bonchev–Trinajstić information content (AvgIpc) is 3.38. The Hall–Kier alpha value is -4.93. The van der Waals surface area contributed by atoms with Crippen molar-refractivity contribution in [1.82, 2.24) is 15.1 Å². The molecule has 244 valence electrons. The minimum absolute atomic E-state index is 0. The highest BCUT2D eigenvalue weighted by atomic mass is 19.4. The smallest absolute Gasteiger partial charge is 0.416 e. The largest absolute Gasteiger partial charge is 0.447 e. The van der Waals surface area contributed by atoms with Gasteiger partial charge in [-0.1, -0.05) is 99.8 Å². The molecule has 2 aliphatic rings. The van der Waals surface area contributed by atoms with Crippen molar-refractivity contribution in [2.24, 2.45) is 0 Å². The first-order chi connectivity index (χ1) is 21.0. The van der Waals surface area contributed by atoms with Gasteiger partial charge in [-0.15, -0.1) is 0 Å². The maximum absolute atomic E-state index is 13.9. The second kappa shape index (κ2) is 14.9. The van der Waals surface area contributed by atoms with Crippen LogP contribution in [0.5, 0.6) is 0 Å². The lowest BCUT2D eigenvalue weighted by Crippen LogP contribution is -2.74. The highest BCUT2D eigenvalue weighted by Crippen LogP contribution is 2.39. The summed E-state index contributed by atoms with van der Waals surface area (Å²) in [5.74, 6) is -1.62. The van der Waals surface area contributed by atoms with Crippen LogP contribution in [0.4, 0.5) is 18.0 Å². The van der Waals surface area contributed by atoms with E-state index in [2.05, 4.69) is 5.32 Å². The standard InChI is InChI=1S/C33H30F3N3O5.2CH4/c1-21(40)17-27(30(41)37-19-23-11-8-14-25(18-23)33(34,35)36)38-26(16-15-22-9-4-2-5-10-22)29(31(38)42)39-28(20-44-32(39)43)24-12-6-3-7-13-24;;/h2-16,18,26-29H,17,19-20H2,1H3,(H,37,41);2*1H4/b16-15+;;/t26-,27-,28-,29+;;/m1../s1. The van der Waals surface area contributed by atoms with Gasteiger partial charge in [-0.2, -0.15) is 13.2 Å². The fraction of sp³-hybridized carbons (Fsp3) is 0.314. The van der Waals surface area contributed by atoms with E-state index in [1.54, 1.807) is 12.2 Å². The molecule has 0 radical (unpaired) electrons. The van der Waals surface area contributed by atoms with Gasteiger partial charge in [0, 0.05) is 13.0 Å². The predicted octanol–water partition coefficient (Wildman–Crippen LogP) is 6.43. The Morgan fingerprint density at radius 1 is 0.978 bits per heavy atom. The van der Waals surface area contributed by atoms with E-state index in [0.29, 0.717) is 0 Å². The van der Waals surface area contributed by atoms with Gasteiger partial charge in [-0.3, -0.25) is 19.3 Å². The molecule has 8 nitrogen and oxygen atoms in total. The third-order valence-electron chi connectivity index (χ3n) is 7.67. The van der Waals surface area contributed by atoms with Crippen LogP contribution in [0.2, 0.25) is 0 Å². The van der Waals surface area contributed by atoms with Gasteiger partial charge in [0.1, 0.15) is 24.5 Å². The molecule has 11 heteroatoms. The highest BCUT2D eigenvalue weighted by Gasteiger charge is 2.58. The fourth-order valence-electron chi connectivity index (χ4n) is 5.56. The minimum atomic E-state index is -4.55. The maximum atomic E-state index is 13.9. The zero-order valence-electron chi connectivity index (χ0n) is 23.7. The van der Waals surface area contributed by atoms with E-state index < -0.39 is 53.8 Å². The van der Waals surface area contributed by atoms with Crippen LogP contribution in [0.3, 0.4) is 0 Å². The second-order valence-corrected chi connectivity index (χ2v) is 10.7. The first-order valence-corrected chi connectivity index (χ1v) is 14.0. The monoisotopic (exact) mass is 637 g/mol. The molecule has 4 atom stereocenters. The first kappa shape index (κ1) is 35.5. The number of alkyl halides is 3. The molecule has 5 rings (SSSR count). The van der Waals surface area contributed by atoms with Gasteiger partial charge in [0.2, 0.25) is 11.8 Å². The minimum Gasteiger partial charge on any atom is -0.447 e. The molecule has 3 amide bonds. The number of amides is 3. The number of carbonyl (C=O) groups excluding carboxylic acids is 4. The normalized spacial score (nSPS) is 19.9. The SMILES string of the molecule is C.C.CC(=O)C[C@H](C(=O)NCc1cccc(C(F)(F)F)c1)N1C(=O)[C@@H](N2C(=O)OC[C@@H]2c2ccccc2)[C@H]1/C=C/c1ccccc1. The van der Waals surface area contributed by atoms with Crippen molar-refractivity contribution in [3.63, 3.8) is 0 Å². The molecule has 0 unspecified atom stereocenters. The van der Waals surface area contributed by atoms with Crippen LogP contribution in [0.15, 0.2) is 91.0 Å². The molecule has 0 saturated carbocycles. The molecule has 2 fully saturated rings. The van der Waals surface area contributed by atoms with Crippen LogP contribution < -0.4 is 5.32 Å². The number of hydrogen-bond acceptors (Lipinski definition) is 5. The Labute approximate surface area is 266 Å². The topological polar surface area (TPSA) is 96.0 Å². The number of halogens is 3. The van der Waals surface area contributed by atoms with Gasteiger partial charge in [0.25, 0.3) is 0 Å². The summed E-state index contributed by atoms with van der Waals surface area (Å²) in [6, 6.07) is 19.3. The molecule has 2 aliphatic heterocycles. The van der Waals surface area contributed by atoms with E-state index in [0.717, 1.165) is 23.3 Å². The van der Waals surface area contributed by atoms with Crippen molar-refractivity contribution >= 4 is 29.8 Å². The van der Waals surface area contributed by atoms with Crippen LogP contribution in [-0.2, 0) is 31.8 Å². The number of nitrogens with one attached hydrogen (secondary N) is 1. The van der Waals surface area contributed by atoms with Crippen molar-refractivity contribution in [1.29, 1.82) is 0 Å². The number of Topliss-reactive ketones (excluding diaryl/α,β-unsaturated/α-hetero) is 1. The van der Waals surface area contributed by atoms with Gasteiger partial charge in [0.05, 0.1) is 17.6 Å². The molecule has 3 aromatic carbocycles. The van der Waals surface area contributed by atoms with E-state index in [-0.39, 0.29) is 45.8 Å². The van der Waals surface area contributed by atoms with E-state index >= 15 is 0 Å². The molecular weight excluding hydrogens is 599 g/mol. The quantitative estimate of drug-likeness (QED) is 0.259. The summed E-state index contributed by atoms with van der Waals surface area (Å²) in [4.78, 5) is 55.3. The van der Waals surface area contributed by atoms with E-state index in [4.69, 9.17) is 4.74 Å². The van der Waals surface area contributed by atoms with Crippen molar-refractivity contribution in [3.05, 3.63) is 113 Å². The van der Waals surface area contributed by atoms with Gasteiger partial charge in [0.15, 0.2) is 0 Å². The Balaban J connectivity index is 0.00000288. The number of likely N-dealkylation sites (tertiary alicyclic amines) is 1. The molecule has 0 aliphatic carbocycles. The van der Waals surface area contributed by atoms with Gasteiger partial charge >= 0.3 is 12.3 Å². The number of nitrogens with zero attached hydrogens (tertiary/aromatic N) is 2. The Bertz CT molecular complexity index is 1560. The first-order valence-electron chi connectivity index (χ1n) is 14.0. The molecule has 0 aromatic heterocycles. The van der Waals surface area contributed by atoms with Gasteiger partial charge in [-0.25, -0.2) is 4.79 Å². The van der Waals surface area contributed by atoms with Crippen molar-refractivity contribution < 1.29 is 37.1 Å². The number of cyclic esters (lactones) is 1. The number of ether oxygens (including phenoxy) is 1. The number of rotatable bonds is 10. The summed E-state index contributed by atoms with van der Waals surface area (Å²) in [6.45, 7) is 1.07. The lowest BCUT2D eigenvalue weighted by atomic mass is 9.87. The predicted molar refractivity (Wildman–Crippen MR) is 168 cm³/mol. The number of ketones is 1. The Kier molecular flexibility index (Phi) is 11.5. The van der Waals surface area contributed by atoms with Crippen LogP contribution in [0.1, 0.15) is 56.5 Å². The van der Waals surface area contributed by atoms with Crippen molar-refractivity contribution in [2.45, 2.75) is 65.1 Å². The average molecular weight is 638 g/mol. The van der Waals surface area contributed by atoms with Crippen LogP contribution in [-0.4, -0.2) is 58.2 Å². The number of hydrogen-bond donors (Lipinski definition) is 1. The molecule has 0 spiro atoms. The van der Waals surface area contributed by atoms with Crippen molar-refractivity contribution in [3.8, 4) is 0 Å². The number of β-lactam (4-membered cyclic amide) rings is 1.